The zero-order valence-electron chi connectivity index (χ0n) is 31.4. The highest BCUT2D eigenvalue weighted by atomic mass is 16.5. The van der Waals surface area contributed by atoms with Crippen LogP contribution in [0.3, 0.4) is 0 Å². The topological polar surface area (TPSA) is 132 Å². The molecule has 8 rings (SSSR count). The number of ether oxygens (including phenoxy) is 5. The minimum atomic E-state index is -0.216. The average molecular weight is 755 g/mol. The van der Waals surface area contributed by atoms with Crippen LogP contribution in [0.4, 0.5) is 11.4 Å². The molecule has 4 heterocycles. The van der Waals surface area contributed by atoms with Crippen molar-refractivity contribution in [3.8, 4) is 34.5 Å². The van der Waals surface area contributed by atoms with Gasteiger partial charge < -0.3 is 38.6 Å². The number of rotatable bonds is 13. The fraction of sp³-hybridized carbons (Fsp3) is 0.273. The Morgan fingerprint density at radius 3 is 1.52 bits per heavy atom. The van der Waals surface area contributed by atoms with Crippen LogP contribution in [0.15, 0.2) is 95.2 Å². The Hall–Kier alpha value is -6.56. The number of aliphatic imine (C=N–C) groups is 2. The number of carbonyl (C=O) groups excluding carboxylic acids is 2. The third kappa shape index (κ3) is 7.17. The van der Waals surface area contributed by atoms with Gasteiger partial charge in [-0.25, -0.2) is 0 Å². The van der Waals surface area contributed by atoms with E-state index in [9.17, 15) is 14.7 Å². The number of hydrogen-bond donors (Lipinski definition) is 1. The van der Waals surface area contributed by atoms with Gasteiger partial charge in [0.05, 0.1) is 69.1 Å². The van der Waals surface area contributed by atoms with Crippen molar-refractivity contribution in [2.75, 3.05) is 34.5 Å². The summed E-state index contributed by atoms with van der Waals surface area (Å²) in [6, 6.07) is 21.3. The van der Waals surface area contributed by atoms with Gasteiger partial charge in [-0.2, -0.15) is 0 Å². The molecule has 4 aliphatic heterocycles. The van der Waals surface area contributed by atoms with E-state index in [2.05, 4.69) is 4.99 Å². The summed E-state index contributed by atoms with van der Waals surface area (Å²) in [5.74, 6) is 2.65. The summed E-state index contributed by atoms with van der Waals surface area (Å²) in [5, 5.41) is 9.67. The number of carbonyl (C=O) groups is 2. The molecule has 0 aliphatic carbocycles. The molecule has 12 heteroatoms. The third-order valence-corrected chi connectivity index (χ3v) is 10.4. The number of benzene rings is 4. The molecular formula is C44H42N4O8. The minimum Gasteiger partial charge on any atom is -0.508 e. The average Bonchev–Trinajstić information content (AvgIpc) is 3.80. The van der Waals surface area contributed by atoms with Crippen molar-refractivity contribution < 1.29 is 38.4 Å². The smallest absolute Gasteiger partial charge is 0.260 e. The van der Waals surface area contributed by atoms with Gasteiger partial charge in [0.25, 0.3) is 11.8 Å². The Morgan fingerprint density at radius 1 is 0.607 bits per heavy atom. The number of amides is 2. The molecule has 0 spiro atoms. The van der Waals surface area contributed by atoms with Crippen LogP contribution < -0.4 is 23.7 Å². The lowest BCUT2D eigenvalue weighted by atomic mass is 10.0. The van der Waals surface area contributed by atoms with Crippen molar-refractivity contribution in [1.29, 1.82) is 0 Å². The summed E-state index contributed by atoms with van der Waals surface area (Å²) in [5.41, 5.74) is 6.01. The van der Waals surface area contributed by atoms with Gasteiger partial charge in [-0.3, -0.25) is 19.6 Å². The number of methoxy groups -OCH3 is 3. The summed E-state index contributed by atoms with van der Waals surface area (Å²) in [6.45, 7) is 0.876. The molecule has 1 N–H and O–H groups in total. The Kier molecular flexibility index (Phi) is 10.2. The number of phenolic OH excluding ortho intramolecular Hbond substituents is 1. The van der Waals surface area contributed by atoms with Gasteiger partial charge in [-0.05, 0) is 77.9 Å². The van der Waals surface area contributed by atoms with Crippen molar-refractivity contribution in [3.63, 3.8) is 0 Å². The SMILES string of the molecule is COc1ccc(C2=CN3C(=O)c4cc(OC)c(OCCCCCOc5cc6c(cc5OC)C(=O)N5C=C(c7ccc(O)cc7)CC5C=N6)cc4N=C[C@@H]3C2)cc1. The predicted molar refractivity (Wildman–Crippen MR) is 213 cm³/mol. The molecular weight excluding hydrogens is 713 g/mol. The Balaban J connectivity index is 0.849. The number of unbranched alkanes of at least 4 members (excludes halogenated alkanes) is 2. The molecule has 12 nitrogen and oxygen atoms in total. The van der Waals surface area contributed by atoms with Crippen LogP contribution in [-0.2, 0) is 0 Å². The number of phenols is 1. The fourth-order valence-electron chi connectivity index (χ4n) is 7.37. The van der Waals surface area contributed by atoms with Crippen molar-refractivity contribution in [2.24, 2.45) is 9.98 Å². The van der Waals surface area contributed by atoms with E-state index in [4.69, 9.17) is 28.7 Å². The number of fused-ring (bicyclic) bond motifs is 4. The summed E-state index contributed by atoms with van der Waals surface area (Å²) in [7, 11) is 4.75. The summed E-state index contributed by atoms with van der Waals surface area (Å²) >= 11 is 0. The van der Waals surface area contributed by atoms with E-state index < -0.39 is 0 Å². The highest BCUT2D eigenvalue weighted by molar-refractivity contribution is 6.06. The highest BCUT2D eigenvalue weighted by Crippen LogP contribution is 2.42. The van der Waals surface area contributed by atoms with Gasteiger partial charge >= 0.3 is 0 Å². The molecule has 56 heavy (non-hydrogen) atoms. The van der Waals surface area contributed by atoms with Gasteiger partial charge in [0.1, 0.15) is 11.5 Å². The third-order valence-electron chi connectivity index (χ3n) is 10.4. The van der Waals surface area contributed by atoms with E-state index in [1.54, 1.807) is 73.7 Å². The molecule has 0 saturated heterocycles. The van der Waals surface area contributed by atoms with E-state index in [0.29, 0.717) is 71.6 Å². The lowest BCUT2D eigenvalue weighted by Crippen LogP contribution is -2.32. The Labute approximate surface area is 324 Å². The van der Waals surface area contributed by atoms with Crippen molar-refractivity contribution in [1.82, 2.24) is 9.80 Å². The molecule has 2 amide bonds. The van der Waals surface area contributed by atoms with Crippen molar-refractivity contribution in [2.45, 2.75) is 44.2 Å². The van der Waals surface area contributed by atoms with Gasteiger partial charge in [-0.1, -0.05) is 24.3 Å². The molecule has 0 radical (unpaired) electrons. The quantitative estimate of drug-likeness (QED) is 0.136. The van der Waals surface area contributed by atoms with Gasteiger partial charge in [-0.15, -0.1) is 0 Å². The highest BCUT2D eigenvalue weighted by Gasteiger charge is 2.35. The summed E-state index contributed by atoms with van der Waals surface area (Å²) < 4.78 is 28.8. The number of aromatic hydroxyl groups is 1. The second-order valence-electron chi connectivity index (χ2n) is 13.9. The maximum Gasteiger partial charge on any atom is 0.260 e. The number of hydrogen-bond acceptors (Lipinski definition) is 10. The summed E-state index contributed by atoms with van der Waals surface area (Å²) in [4.78, 5) is 40.2. The molecule has 4 aromatic rings. The largest absolute Gasteiger partial charge is 0.508 e. The van der Waals surface area contributed by atoms with E-state index >= 15 is 0 Å². The van der Waals surface area contributed by atoms with Crippen molar-refractivity contribution in [3.05, 3.63) is 107 Å². The Bertz CT molecular complexity index is 2280. The van der Waals surface area contributed by atoms with Crippen LogP contribution in [0.5, 0.6) is 34.5 Å². The Morgan fingerprint density at radius 2 is 1.07 bits per heavy atom. The molecule has 2 atom stereocenters. The maximum absolute atomic E-state index is 13.7. The number of nitrogens with zero attached hydrogens (tertiary/aromatic N) is 4. The molecule has 4 aromatic carbocycles. The summed E-state index contributed by atoms with van der Waals surface area (Å²) in [6.07, 6.45) is 11.0. The van der Waals surface area contributed by atoms with E-state index in [-0.39, 0.29) is 29.6 Å². The van der Waals surface area contributed by atoms with Crippen LogP contribution in [-0.4, -0.2) is 85.8 Å². The molecule has 1 unspecified atom stereocenters. The van der Waals surface area contributed by atoms with Gasteiger partial charge in [0.15, 0.2) is 23.0 Å². The molecule has 0 bridgehead atoms. The lowest BCUT2D eigenvalue weighted by Gasteiger charge is -2.19. The first-order chi connectivity index (χ1) is 27.3. The minimum absolute atomic E-state index is 0.140. The van der Waals surface area contributed by atoms with Crippen LogP contribution in [0.1, 0.15) is 63.9 Å². The van der Waals surface area contributed by atoms with Crippen LogP contribution in [0, 0.1) is 0 Å². The van der Waals surface area contributed by atoms with Crippen molar-refractivity contribution >= 4 is 46.8 Å². The first-order valence-corrected chi connectivity index (χ1v) is 18.6. The maximum atomic E-state index is 13.7. The zero-order valence-corrected chi connectivity index (χ0v) is 31.4. The first kappa shape index (κ1) is 36.4. The first-order valence-electron chi connectivity index (χ1n) is 18.6. The second-order valence-corrected chi connectivity index (χ2v) is 13.9. The molecule has 0 saturated carbocycles. The lowest BCUT2D eigenvalue weighted by molar-refractivity contribution is 0.0809. The molecule has 4 aliphatic rings. The van der Waals surface area contributed by atoms with E-state index in [1.165, 1.54) is 0 Å². The van der Waals surface area contributed by atoms with E-state index in [0.717, 1.165) is 47.3 Å². The standard InChI is InChI=1S/C44H42N4O8/c1-52-34-13-9-28(10-14-34)30-18-32-24-46-38-22-42(40(54-3)20-36(38)44(51)48(32)26-30)56-16-6-4-5-15-55-41-21-37-35(19-39(41)53-2)43(50)47-25-29(17-31(47)23-45-37)27-7-11-33(49)12-8-27/h7-14,19-26,31-32,49H,4-6,15-18H2,1-3H3/t31?,32-/m0/s1. The predicted octanol–water partition coefficient (Wildman–Crippen LogP) is 7.99. The van der Waals surface area contributed by atoms with E-state index in [1.807, 2.05) is 55.0 Å². The van der Waals surface area contributed by atoms with Gasteiger partial charge in [0, 0.05) is 49.8 Å². The van der Waals surface area contributed by atoms with Crippen LogP contribution in [0.2, 0.25) is 0 Å². The van der Waals surface area contributed by atoms with Crippen LogP contribution >= 0.6 is 0 Å². The monoisotopic (exact) mass is 754 g/mol. The zero-order chi connectivity index (χ0) is 38.8. The molecule has 286 valence electrons. The molecule has 0 fully saturated rings. The van der Waals surface area contributed by atoms with Gasteiger partial charge in [0.2, 0.25) is 0 Å². The second kappa shape index (κ2) is 15.7. The van der Waals surface area contributed by atoms with Crippen LogP contribution in [0.25, 0.3) is 11.1 Å². The molecule has 0 aromatic heterocycles. The fourth-order valence-corrected chi connectivity index (χ4v) is 7.37. The normalized spacial score (nSPS) is 17.9.